The number of aromatic nitrogens is 1. The van der Waals surface area contributed by atoms with Gasteiger partial charge in [-0.1, -0.05) is 39.7 Å². The molecule has 0 radical (unpaired) electrons. The number of halogens is 5. The van der Waals surface area contributed by atoms with Crippen molar-refractivity contribution in [1.29, 1.82) is 0 Å². The van der Waals surface area contributed by atoms with Crippen molar-refractivity contribution in [3.05, 3.63) is 57.7 Å². The van der Waals surface area contributed by atoms with Gasteiger partial charge >= 0.3 is 6.36 Å². The smallest absolute Gasteiger partial charge is 0.494 e. The molecule has 3 aromatic rings. The van der Waals surface area contributed by atoms with E-state index in [1.54, 1.807) is 16.8 Å². The van der Waals surface area contributed by atoms with Gasteiger partial charge in [0.05, 0.1) is 16.5 Å². The Morgan fingerprint density at radius 3 is 2.44 bits per heavy atom. The molecule has 0 aliphatic rings. The van der Waals surface area contributed by atoms with E-state index in [-0.39, 0.29) is 17.7 Å². The molecule has 1 heterocycles. The molecule has 1 N–H and O–H groups in total. The van der Waals surface area contributed by atoms with Gasteiger partial charge in [0.15, 0.2) is 0 Å². The van der Waals surface area contributed by atoms with E-state index < -0.39 is 6.36 Å². The summed E-state index contributed by atoms with van der Waals surface area (Å²) < 4.78 is 43.0. The van der Waals surface area contributed by atoms with Gasteiger partial charge in [-0.2, -0.15) is 0 Å². The largest absolute Gasteiger partial charge is 0.573 e. The molecule has 3 rings (SSSR count). The average molecular weight is 435 g/mol. The molecule has 0 saturated carbocycles. The molecule has 0 fully saturated rings. The maximum atomic E-state index is 12.2. The van der Waals surface area contributed by atoms with E-state index in [4.69, 9.17) is 11.6 Å². The summed E-state index contributed by atoms with van der Waals surface area (Å²) in [5.74, 6) is -0.298. The fourth-order valence-electron chi connectivity index (χ4n) is 2.68. The zero-order valence-corrected chi connectivity index (χ0v) is 15.2. The molecular formula is C17H12BrClF3NO2. The Kier molecular flexibility index (Phi) is 4.64. The van der Waals surface area contributed by atoms with Crippen molar-refractivity contribution in [2.24, 2.45) is 0 Å². The van der Waals surface area contributed by atoms with Crippen molar-refractivity contribution in [3.63, 3.8) is 0 Å². The summed E-state index contributed by atoms with van der Waals surface area (Å²) in [6, 6.07) is 8.71. The number of fused-ring (bicyclic) bond motifs is 1. The Labute approximate surface area is 154 Å². The predicted octanol–water partition coefficient (Wildman–Crippen LogP) is 6.27. The van der Waals surface area contributed by atoms with Crippen LogP contribution in [-0.4, -0.2) is 16.0 Å². The molecule has 0 aliphatic carbocycles. The van der Waals surface area contributed by atoms with Crippen LogP contribution in [0.4, 0.5) is 13.2 Å². The Hall–Kier alpha value is -1.86. The second kappa shape index (κ2) is 6.46. The lowest BCUT2D eigenvalue weighted by atomic mass is 10.1. The first-order valence-electron chi connectivity index (χ1n) is 7.20. The van der Waals surface area contributed by atoms with Gasteiger partial charge in [0.2, 0.25) is 5.88 Å². The summed E-state index contributed by atoms with van der Waals surface area (Å²) in [5, 5.41) is 12.2. The zero-order valence-electron chi connectivity index (χ0n) is 12.8. The lowest BCUT2D eigenvalue weighted by molar-refractivity contribution is -0.274. The molecule has 1 unspecified atom stereocenters. The van der Waals surface area contributed by atoms with Crippen LogP contribution in [0.2, 0.25) is 5.02 Å². The van der Waals surface area contributed by atoms with Crippen LogP contribution in [0.25, 0.3) is 10.8 Å². The molecule has 1 atom stereocenters. The first kappa shape index (κ1) is 17.9. The number of alkyl halides is 3. The maximum Gasteiger partial charge on any atom is 0.573 e. The van der Waals surface area contributed by atoms with E-state index in [0.717, 1.165) is 9.86 Å². The number of nitrogens with zero attached hydrogens (tertiary/aromatic N) is 1. The molecule has 0 amide bonds. The van der Waals surface area contributed by atoms with Crippen LogP contribution in [0, 0.1) is 0 Å². The zero-order chi connectivity index (χ0) is 18.4. The van der Waals surface area contributed by atoms with E-state index in [0.29, 0.717) is 16.0 Å². The van der Waals surface area contributed by atoms with Crippen molar-refractivity contribution < 1.29 is 23.0 Å². The van der Waals surface area contributed by atoms with Crippen molar-refractivity contribution in [1.82, 2.24) is 4.57 Å². The quantitative estimate of drug-likeness (QED) is 0.527. The second-order valence-corrected chi connectivity index (χ2v) is 6.83. The van der Waals surface area contributed by atoms with Crippen molar-refractivity contribution in [2.45, 2.75) is 19.3 Å². The lowest BCUT2D eigenvalue weighted by Crippen LogP contribution is -2.17. The molecule has 25 heavy (non-hydrogen) atoms. The first-order valence-corrected chi connectivity index (χ1v) is 8.37. The Balaban J connectivity index is 1.95. The van der Waals surface area contributed by atoms with E-state index in [2.05, 4.69) is 20.7 Å². The SMILES string of the molecule is CC(c1ccc(OC(F)(F)F)cc1)n1cc2cc(Br)cc(Cl)c2c1O. The number of ether oxygens (including phenoxy) is 1. The van der Waals surface area contributed by atoms with Crippen LogP contribution < -0.4 is 4.74 Å². The lowest BCUT2D eigenvalue weighted by Gasteiger charge is -2.16. The average Bonchev–Trinajstić information content (AvgIpc) is 2.82. The molecule has 8 heteroatoms. The number of hydrogen-bond donors (Lipinski definition) is 1. The molecular weight excluding hydrogens is 423 g/mol. The van der Waals surface area contributed by atoms with E-state index in [1.807, 2.05) is 13.0 Å². The summed E-state index contributed by atoms with van der Waals surface area (Å²) in [5.41, 5.74) is 0.709. The van der Waals surface area contributed by atoms with Crippen molar-refractivity contribution in [3.8, 4) is 11.6 Å². The highest BCUT2D eigenvalue weighted by Crippen LogP contribution is 2.38. The van der Waals surface area contributed by atoms with Crippen molar-refractivity contribution in [2.75, 3.05) is 0 Å². The number of benzene rings is 2. The van der Waals surface area contributed by atoms with Gasteiger partial charge in [0.1, 0.15) is 5.75 Å². The van der Waals surface area contributed by atoms with Gasteiger partial charge in [-0.05, 0) is 36.8 Å². The maximum absolute atomic E-state index is 12.2. The molecule has 1 aromatic heterocycles. The highest BCUT2D eigenvalue weighted by atomic mass is 79.9. The molecule has 3 nitrogen and oxygen atoms in total. The standard InChI is InChI=1S/C17H12BrClF3NO2/c1-9(10-2-4-13(5-3-10)25-17(20,21)22)23-8-11-6-12(18)7-14(19)15(11)16(23)24/h2-9,24H,1H3. The van der Waals surface area contributed by atoms with E-state index in [9.17, 15) is 18.3 Å². The van der Waals surface area contributed by atoms with Crippen molar-refractivity contribution >= 4 is 38.3 Å². The third kappa shape index (κ3) is 3.72. The van der Waals surface area contributed by atoms with Crippen LogP contribution >= 0.6 is 27.5 Å². The highest BCUT2D eigenvalue weighted by molar-refractivity contribution is 9.10. The molecule has 0 bridgehead atoms. The van der Waals surface area contributed by atoms with Gasteiger partial charge < -0.3 is 14.4 Å². The van der Waals surface area contributed by atoms with Gasteiger partial charge in [0.25, 0.3) is 0 Å². The predicted molar refractivity (Wildman–Crippen MR) is 93.3 cm³/mol. The monoisotopic (exact) mass is 433 g/mol. The minimum atomic E-state index is -4.73. The third-order valence-electron chi connectivity index (χ3n) is 3.85. The summed E-state index contributed by atoms with van der Waals surface area (Å²) >= 11 is 9.54. The summed E-state index contributed by atoms with van der Waals surface area (Å²) in [6.07, 6.45) is -2.99. The molecule has 2 aromatic carbocycles. The minimum absolute atomic E-state index is 0.00406. The molecule has 132 valence electrons. The van der Waals surface area contributed by atoms with Crippen LogP contribution in [0.3, 0.4) is 0 Å². The fourth-order valence-corrected chi connectivity index (χ4v) is 3.59. The van der Waals surface area contributed by atoms with Gasteiger partial charge in [-0.25, -0.2) is 0 Å². The third-order valence-corrected chi connectivity index (χ3v) is 4.60. The first-order chi connectivity index (χ1) is 11.7. The Morgan fingerprint density at radius 2 is 1.84 bits per heavy atom. The van der Waals surface area contributed by atoms with Crippen LogP contribution in [-0.2, 0) is 0 Å². The van der Waals surface area contributed by atoms with Gasteiger partial charge in [-0.15, -0.1) is 13.2 Å². The molecule has 0 spiro atoms. The molecule has 0 aliphatic heterocycles. The summed E-state index contributed by atoms with van der Waals surface area (Å²) in [4.78, 5) is 0. The van der Waals surface area contributed by atoms with Gasteiger partial charge in [0, 0.05) is 16.1 Å². The molecule has 0 saturated heterocycles. The van der Waals surface area contributed by atoms with Crippen LogP contribution in [0.5, 0.6) is 11.6 Å². The Bertz CT molecular complexity index is 922. The topological polar surface area (TPSA) is 34.4 Å². The Morgan fingerprint density at radius 1 is 1.20 bits per heavy atom. The van der Waals surface area contributed by atoms with Crippen LogP contribution in [0.15, 0.2) is 47.1 Å². The number of hydrogen-bond acceptors (Lipinski definition) is 2. The second-order valence-electron chi connectivity index (χ2n) is 5.50. The number of aromatic hydroxyl groups is 1. The minimum Gasteiger partial charge on any atom is -0.494 e. The highest BCUT2D eigenvalue weighted by Gasteiger charge is 2.31. The van der Waals surface area contributed by atoms with Gasteiger partial charge in [-0.3, -0.25) is 0 Å². The summed E-state index contributed by atoms with van der Waals surface area (Å²) in [7, 11) is 0. The number of rotatable bonds is 3. The van der Waals surface area contributed by atoms with Crippen LogP contribution in [0.1, 0.15) is 18.5 Å². The van der Waals surface area contributed by atoms with E-state index in [1.165, 1.54) is 24.3 Å². The fraction of sp³-hybridized carbons (Fsp3) is 0.176. The normalized spacial score (nSPS) is 13.2. The van der Waals surface area contributed by atoms with E-state index >= 15 is 0 Å². The summed E-state index contributed by atoms with van der Waals surface area (Å²) in [6.45, 7) is 1.82.